The number of rotatable bonds is 9. The van der Waals surface area contributed by atoms with Gasteiger partial charge < -0.3 is 10.1 Å². The molecule has 0 atom stereocenters. The Hall–Kier alpha value is -3.32. The number of ether oxygens (including phenoxy) is 1. The van der Waals surface area contributed by atoms with Gasteiger partial charge in [-0.25, -0.2) is 8.42 Å². The maximum Gasteiger partial charge on any atom is 0.264 e. The van der Waals surface area contributed by atoms with E-state index >= 15 is 0 Å². The molecule has 3 aromatic carbocycles. The first-order valence-electron chi connectivity index (χ1n) is 10.9. The third-order valence-corrected chi connectivity index (χ3v) is 7.26. The Morgan fingerprint density at radius 1 is 0.939 bits per heavy atom. The number of anilines is 2. The van der Waals surface area contributed by atoms with E-state index in [1.54, 1.807) is 30.3 Å². The molecule has 3 rings (SSSR count). The van der Waals surface area contributed by atoms with E-state index in [-0.39, 0.29) is 4.90 Å². The molecule has 6 nitrogen and oxygen atoms in total. The largest absolute Gasteiger partial charge is 0.495 e. The van der Waals surface area contributed by atoms with Crippen molar-refractivity contribution in [2.45, 2.75) is 38.5 Å². The number of sulfonamides is 1. The summed E-state index contributed by atoms with van der Waals surface area (Å²) >= 11 is 0. The zero-order valence-corrected chi connectivity index (χ0v) is 20.3. The van der Waals surface area contributed by atoms with Gasteiger partial charge in [0.05, 0.1) is 17.7 Å². The molecule has 0 spiro atoms. The average molecular weight is 467 g/mol. The number of methoxy groups -OCH3 is 1. The van der Waals surface area contributed by atoms with Gasteiger partial charge in [0.2, 0.25) is 5.91 Å². The Bertz CT molecular complexity index is 1200. The number of para-hydroxylation sites is 1. The number of hydrogen-bond acceptors (Lipinski definition) is 4. The maximum atomic E-state index is 13.6. The van der Waals surface area contributed by atoms with Crippen molar-refractivity contribution in [3.63, 3.8) is 0 Å². The Morgan fingerprint density at radius 3 is 2.15 bits per heavy atom. The van der Waals surface area contributed by atoms with Crippen LogP contribution in [-0.2, 0) is 27.7 Å². The summed E-state index contributed by atoms with van der Waals surface area (Å²) in [7, 11) is -2.55. The number of amides is 1. The predicted molar refractivity (Wildman–Crippen MR) is 133 cm³/mol. The molecule has 1 amide bonds. The highest BCUT2D eigenvalue weighted by molar-refractivity contribution is 7.92. The number of hydrogen-bond donors (Lipinski definition) is 1. The van der Waals surface area contributed by atoms with Crippen LogP contribution in [0.25, 0.3) is 0 Å². The molecule has 0 unspecified atom stereocenters. The number of carbonyl (C=O) groups excluding carboxylic acids is 1. The number of carbonyl (C=O) groups is 1. The normalized spacial score (nSPS) is 11.2. The van der Waals surface area contributed by atoms with E-state index in [0.717, 1.165) is 39.5 Å². The minimum atomic E-state index is -4.03. The van der Waals surface area contributed by atoms with Crippen molar-refractivity contribution >= 4 is 27.3 Å². The summed E-state index contributed by atoms with van der Waals surface area (Å²) in [5.41, 5.74) is 3.93. The smallest absolute Gasteiger partial charge is 0.264 e. The first-order valence-corrected chi connectivity index (χ1v) is 12.4. The van der Waals surface area contributed by atoms with Gasteiger partial charge in [-0.1, -0.05) is 56.3 Å². The zero-order valence-electron chi connectivity index (χ0n) is 19.5. The molecular formula is C26H30N2O4S. The number of nitrogens with zero attached hydrogens (tertiary/aromatic N) is 1. The third-order valence-electron chi connectivity index (χ3n) is 5.48. The topological polar surface area (TPSA) is 75.7 Å². The summed E-state index contributed by atoms with van der Waals surface area (Å²) in [6.07, 6.45) is 1.50. The van der Waals surface area contributed by atoms with E-state index in [1.165, 1.54) is 19.2 Å². The van der Waals surface area contributed by atoms with Gasteiger partial charge in [-0.15, -0.1) is 0 Å². The van der Waals surface area contributed by atoms with Gasteiger partial charge in [0.15, 0.2) is 0 Å². The van der Waals surface area contributed by atoms with Gasteiger partial charge in [-0.2, -0.15) is 0 Å². The Morgan fingerprint density at radius 2 is 1.58 bits per heavy atom. The fourth-order valence-corrected chi connectivity index (χ4v) is 5.17. The molecule has 174 valence electrons. The molecule has 0 aromatic heterocycles. The van der Waals surface area contributed by atoms with Crippen LogP contribution >= 0.6 is 0 Å². The van der Waals surface area contributed by atoms with Crippen molar-refractivity contribution < 1.29 is 17.9 Å². The second-order valence-corrected chi connectivity index (χ2v) is 9.57. The summed E-state index contributed by atoms with van der Waals surface area (Å²) in [4.78, 5) is 13.3. The first kappa shape index (κ1) is 24.3. The Labute approximate surface area is 196 Å². The number of nitrogens with one attached hydrogen (secondary N) is 1. The van der Waals surface area contributed by atoms with Crippen molar-refractivity contribution in [3.05, 3.63) is 83.4 Å². The Balaban J connectivity index is 2.05. The van der Waals surface area contributed by atoms with Crippen LogP contribution in [0.2, 0.25) is 0 Å². The van der Waals surface area contributed by atoms with Crippen LogP contribution in [0, 0.1) is 6.92 Å². The van der Waals surface area contributed by atoms with Gasteiger partial charge in [0.25, 0.3) is 10.0 Å². The van der Waals surface area contributed by atoms with E-state index in [4.69, 9.17) is 4.74 Å². The second kappa shape index (κ2) is 10.5. The minimum Gasteiger partial charge on any atom is -0.495 e. The van der Waals surface area contributed by atoms with Crippen LogP contribution in [-0.4, -0.2) is 28.0 Å². The summed E-state index contributed by atoms with van der Waals surface area (Å²) < 4.78 is 33.8. The van der Waals surface area contributed by atoms with E-state index < -0.39 is 22.5 Å². The maximum absolute atomic E-state index is 13.6. The molecule has 0 bridgehead atoms. The molecule has 0 heterocycles. The number of aryl methyl sites for hydroxylation is 3. The van der Waals surface area contributed by atoms with Gasteiger partial charge >= 0.3 is 0 Å². The fourth-order valence-electron chi connectivity index (χ4n) is 3.73. The predicted octanol–water partition coefficient (Wildman–Crippen LogP) is 4.96. The molecule has 0 radical (unpaired) electrons. The lowest BCUT2D eigenvalue weighted by molar-refractivity contribution is -0.114. The zero-order chi connectivity index (χ0) is 24.0. The van der Waals surface area contributed by atoms with Crippen LogP contribution in [0.4, 0.5) is 11.4 Å². The molecule has 0 aliphatic carbocycles. The van der Waals surface area contributed by atoms with Crippen molar-refractivity contribution in [2.75, 3.05) is 23.3 Å². The lowest BCUT2D eigenvalue weighted by Gasteiger charge is -2.26. The van der Waals surface area contributed by atoms with Crippen molar-refractivity contribution in [2.24, 2.45) is 0 Å². The Kier molecular flexibility index (Phi) is 7.76. The number of benzene rings is 3. The van der Waals surface area contributed by atoms with E-state index in [9.17, 15) is 13.2 Å². The lowest BCUT2D eigenvalue weighted by Crippen LogP contribution is -2.38. The minimum absolute atomic E-state index is 0.101. The van der Waals surface area contributed by atoms with Crippen molar-refractivity contribution in [3.8, 4) is 5.75 Å². The fraction of sp³-hybridized carbons (Fsp3) is 0.269. The van der Waals surface area contributed by atoms with Crippen LogP contribution in [0.5, 0.6) is 5.75 Å². The molecule has 0 aliphatic heterocycles. The molecule has 3 aromatic rings. The van der Waals surface area contributed by atoms with Crippen molar-refractivity contribution in [1.82, 2.24) is 0 Å². The standard InChI is InChI=1S/C26H30N2O4S/c1-5-20-11-10-12-21(6-2)26(20)27-25(29)18-28(23-17-19(3)15-16-24(23)32-4)33(30,31)22-13-8-7-9-14-22/h7-17H,5-6,18H2,1-4H3,(H,27,29). The monoisotopic (exact) mass is 466 g/mol. The summed E-state index contributed by atoms with van der Waals surface area (Å²) in [6.45, 7) is 5.52. The van der Waals surface area contributed by atoms with E-state index in [1.807, 2.05) is 45.0 Å². The first-order chi connectivity index (χ1) is 15.8. The summed E-state index contributed by atoms with van der Waals surface area (Å²) in [6, 6.07) is 19.3. The highest BCUT2D eigenvalue weighted by atomic mass is 32.2. The molecule has 1 N–H and O–H groups in total. The summed E-state index contributed by atoms with van der Waals surface area (Å²) in [5.74, 6) is -0.0511. The quantitative estimate of drug-likeness (QED) is 0.483. The SMILES string of the molecule is CCc1cccc(CC)c1NC(=O)CN(c1cc(C)ccc1OC)S(=O)(=O)c1ccccc1. The third kappa shape index (κ3) is 5.37. The lowest BCUT2D eigenvalue weighted by atomic mass is 10.0. The molecule has 33 heavy (non-hydrogen) atoms. The summed E-state index contributed by atoms with van der Waals surface area (Å²) in [5, 5.41) is 2.97. The molecule has 0 fully saturated rings. The highest BCUT2D eigenvalue weighted by Crippen LogP contribution is 2.33. The van der Waals surface area contributed by atoms with Gasteiger partial charge in [-0.05, 0) is 60.7 Å². The highest BCUT2D eigenvalue weighted by Gasteiger charge is 2.29. The molecule has 0 aliphatic rings. The van der Waals surface area contributed by atoms with Crippen LogP contribution in [0.15, 0.2) is 71.6 Å². The van der Waals surface area contributed by atoms with Gasteiger partial charge in [0.1, 0.15) is 12.3 Å². The van der Waals surface area contributed by atoms with Crippen LogP contribution < -0.4 is 14.4 Å². The van der Waals surface area contributed by atoms with Crippen molar-refractivity contribution in [1.29, 1.82) is 0 Å². The molecular weight excluding hydrogens is 436 g/mol. The average Bonchev–Trinajstić information content (AvgIpc) is 2.83. The van der Waals surface area contributed by atoms with Gasteiger partial charge in [0, 0.05) is 5.69 Å². The molecule has 7 heteroatoms. The van der Waals surface area contributed by atoms with Crippen LogP contribution in [0.1, 0.15) is 30.5 Å². The van der Waals surface area contributed by atoms with Crippen LogP contribution in [0.3, 0.4) is 0 Å². The molecule has 0 saturated heterocycles. The molecule has 0 saturated carbocycles. The van der Waals surface area contributed by atoms with E-state index in [2.05, 4.69) is 5.32 Å². The van der Waals surface area contributed by atoms with E-state index in [0.29, 0.717) is 11.4 Å². The van der Waals surface area contributed by atoms with Gasteiger partial charge in [-0.3, -0.25) is 9.10 Å². The second-order valence-electron chi connectivity index (χ2n) is 7.71.